The molecule has 180 valence electrons. The quantitative estimate of drug-likeness (QED) is 0.481. The van der Waals surface area contributed by atoms with Crippen molar-refractivity contribution >= 4 is 5.91 Å². The Bertz CT molecular complexity index is 1050. The zero-order valence-electron chi connectivity index (χ0n) is 20.4. The fourth-order valence-corrected chi connectivity index (χ4v) is 4.16. The van der Waals surface area contributed by atoms with Crippen molar-refractivity contribution in [3.05, 3.63) is 89.1 Å². The smallest absolute Gasteiger partial charge is 0.273 e. The maximum Gasteiger partial charge on any atom is 0.273 e. The Kier molecular flexibility index (Phi) is 7.80. The van der Waals surface area contributed by atoms with E-state index in [4.69, 9.17) is 9.15 Å². The summed E-state index contributed by atoms with van der Waals surface area (Å²) in [5.74, 6) is 0.308. The van der Waals surface area contributed by atoms with Crippen LogP contribution in [0.4, 0.5) is 0 Å². The normalized spacial score (nSPS) is 16.2. The number of nitrogens with zero attached hydrogens (tertiary/aromatic N) is 2. The summed E-state index contributed by atoms with van der Waals surface area (Å²) in [5.41, 5.74) is 4.20. The molecule has 4 rings (SSSR count). The van der Waals surface area contributed by atoms with Crippen LogP contribution in [-0.2, 0) is 29.8 Å². The van der Waals surface area contributed by atoms with Crippen LogP contribution in [0.5, 0.6) is 0 Å². The van der Waals surface area contributed by atoms with E-state index in [1.54, 1.807) is 0 Å². The maximum absolute atomic E-state index is 12.5. The van der Waals surface area contributed by atoms with E-state index in [2.05, 4.69) is 72.4 Å². The van der Waals surface area contributed by atoms with Crippen LogP contribution in [0.3, 0.4) is 0 Å². The minimum atomic E-state index is -0.224. The number of carbonyl (C=O) groups is 1. The van der Waals surface area contributed by atoms with Gasteiger partial charge in [0.15, 0.2) is 5.69 Å². The second-order valence-electron chi connectivity index (χ2n) is 10.0. The first kappa shape index (κ1) is 24.2. The van der Waals surface area contributed by atoms with E-state index in [0.29, 0.717) is 24.7 Å². The zero-order valence-corrected chi connectivity index (χ0v) is 20.4. The summed E-state index contributed by atoms with van der Waals surface area (Å²) in [6.07, 6.45) is 3.57. The molecule has 1 aromatic heterocycles. The van der Waals surface area contributed by atoms with Crippen LogP contribution in [0, 0.1) is 0 Å². The number of aromatic nitrogens is 1. The van der Waals surface area contributed by atoms with Crippen LogP contribution < -0.4 is 5.32 Å². The van der Waals surface area contributed by atoms with E-state index in [9.17, 15) is 4.79 Å². The molecular weight excluding hydrogens is 426 g/mol. The first-order valence-corrected chi connectivity index (χ1v) is 12.1. The molecule has 0 saturated carbocycles. The lowest BCUT2D eigenvalue weighted by Gasteiger charge is -2.23. The summed E-state index contributed by atoms with van der Waals surface area (Å²) in [6.45, 7) is 9.96. The van der Waals surface area contributed by atoms with Gasteiger partial charge in [-0.3, -0.25) is 9.69 Å². The van der Waals surface area contributed by atoms with Gasteiger partial charge in [0, 0.05) is 26.2 Å². The molecule has 1 aliphatic rings. The van der Waals surface area contributed by atoms with Crippen LogP contribution in [0.2, 0.25) is 0 Å². The molecule has 6 nitrogen and oxygen atoms in total. The third-order valence-corrected chi connectivity index (χ3v) is 6.13. The molecule has 2 heterocycles. The number of hydrogen-bond acceptors (Lipinski definition) is 5. The van der Waals surface area contributed by atoms with Gasteiger partial charge in [0.25, 0.3) is 5.91 Å². The Morgan fingerprint density at radius 2 is 1.74 bits per heavy atom. The molecular formula is C28H35N3O3. The van der Waals surface area contributed by atoms with Gasteiger partial charge in [0.05, 0.1) is 12.6 Å². The van der Waals surface area contributed by atoms with Gasteiger partial charge < -0.3 is 14.5 Å². The highest BCUT2D eigenvalue weighted by Crippen LogP contribution is 2.23. The van der Waals surface area contributed by atoms with Crippen molar-refractivity contribution < 1.29 is 13.9 Å². The Morgan fingerprint density at radius 1 is 1.03 bits per heavy atom. The molecule has 3 aromatic rings. The number of rotatable bonds is 9. The monoisotopic (exact) mass is 461 g/mol. The summed E-state index contributed by atoms with van der Waals surface area (Å²) in [4.78, 5) is 19.2. The fourth-order valence-electron chi connectivity index (χ4n) is 4.16. The molecule has 0 aliphatic carbocycles. The van der Waals surface area contributed by atoms with E-state index in [1.807, 2.05) is 18.2 Å². The lowest BCUT2D eigenvalue weighted by Crippen LogP contribution is -2.32. The number of ether oxygens (including phenoxy) is 1. The number of hydrogen-bond donors (Lipinski definition) is 1. The molecule has 0 bridgehead atoms. The van der Waals surface area contributed by atoms with Crippen molar-refractivity contribution in [2.24, 2.45) is 0 Å². The average Bonchev–Trinajstić information content (AvgIpc) is 3.50. The minimum absolute atomic E-state index is 0.0985. The van der Waals surface area contributed by atoms with Crippen LogP contribution in [0.1, 0.15) is 66.7 Å². The van der Waals surface area contributed by atoms with Gasteiger partial charge in [0.2, 0.25) is 5.89 Å². The first-order valence-electron chi connectivity index (χ1n) is 12.1. The topological polar surface area (TPSA) is 67.6 Å². The predicted octanol–water partition coefficient (Wildman–Crippen LogP) is 5.08. The molecule has 1 saturated heterocycles. The summed E-state index contributed by atoms with van der Waals surface area (Å²) in [6, 6.07) is 19.2. The molecule has 1 aliphatic heterocycles. The van der Waals surface area contributed by atoms with Gasteiger partial charge in [0.1, 0.15) is 6.26 Å². The minimum Gasteiger partial charge on any atom is -0.447 e. The molecule has 1 atom stereocenters. The van der Waals surface area contributed by atoms with Gasteiger partial charge in [-0.05, 0) is 34.9 Å². The predicted molar refractivity (Wildman–Crippen MR) is 132 cm³/mol. The average molecular weight is 462 g/mol. The Hall–Kier alpha value is -2.96. The molecule has 2 aromatic carbocycles. The lowest BCUT2D eigenvalue weighted by molar-refractivity contribution is 0.0853. The second kappa shape index (κ2) is 11.0. The van der Waals surface area contributed by atoms with E-state index in [1.165, 1.54) is 23.0 Å². The van der Waals surface area contributed by atoms with Gasteiger partial charge in [-0.15, -0.1) is 0 Å². The summed E-state index contributed by atoms with van der Waals surface area (Å²) >= 11 is 0. The molecule has 6 heteroatoms. The lowest BCUT2D eigenvalue weighted by atomic mass is 9.87. The summed E-state index contributed by atoms with van der Waals surface area (Å²) in [5, 5.41) is 2.90. The fraction of sp³-hybridized carbons (Fsp3) is 0.429. The maximum atomic E-state index is 12.5. The van der Waals surface area contributed by atoms with Crippen LogP contribution >= 0.6 is 0 Å². The molecule has 0 spiro atoms. The van der Waals surface area contributed by atoms with Crippen molar-refractivity contribution in [2.75, 3.05) is 13.2 Å². The molecule has 0 radical (unpaired) electrons. The van der Waals surface area contributed by atoms with Crippen LogP contribution in [0.25, 0.3) is 0 Å². The molecule has 0 unspecified atom stereocenters. The first-order chi connectivity index (χ1) is 16.4. The summed E-state index contributed by atoms with van der Waals surface area (Å²) in [7, 11) is 0. The van der Waals surface area contributed by atoms with Crippen molar-refractivity contribution in [1.82, 2.24) is 15.2 Å². The molecule has 1 N–H and O–H groups in total. The third-order valence-electron chi connectivity index (χ3n) is 6.13. The van der Waals surface area contributed by atoms with E-state index in [-0.39, 0.29) is 17.4 Å². The SMILES string of the molecule is CC(C)(C)c1ccc(CN(Cc2ccccc2)Cc2nc(C(=O)NC[C@H]3CCCO3)co2)cc1. The third kappa shape index (κ3) is 6.78. The highest BCUT2D eigenvalue weighted by molar-refractivity contribution is 5.91. The number of benzene rings is 2. The molecule has 1 fully saturated rings. The Labute approximate surface area is 202 Å². The van der Waals surface area contributed by atoms with Crippen molar-refractivity contribution in [2.45, 2.75) is 64.8 Å². The second-order valence-corrected chi connectivity index (χ2v) is 10.0. The molecule has 34 heavy (non-hydrogen) atoms. The number of oxazole rings is 1. The van der Waals surface area contributed by atoms with E-state index in [0.717, 1.165) is 32.5 Å². The number of nitrogens with one attached hydrogen (secondary N) is 1. The van der Waals surface area contributed by atoms with E-state index < -0.39 is 0 Å². The van der Waals surface area contributed by atoms with Gasteiger partial charge in [-0.25, -0.2) is 4.98 Å². The van der Waals surface area contributed by atoms with E-state index >= 15 is 0 Å². The summed E-state index contributed by atoms with van der Waals surface area (Å²) < 4.78 is 11.3. The standard InChI is InChI=1S/C28H35N3O3/c1-28(2,3)23-13-11-22(12-14-23)18-31(17-21-8-5-4-6-9-21)19-26-30-25(20-34-26)27(32)29-16-24-10-7-15-33-24/h4-6,8-9,11-14,20,24H,7,10,15-19H2,1-3H3,(H,29,32)/t24-/m1/s1. The van der Waals surface area contributed by atoms with Crippen LogP contribution in [-0.4, -0.2) is 35.0 Å². The van der Waals surface area contributed by atoms with Gasteiger partial charge >= 0.3 is 0 Å². The Balaban J connectivity index is 1.42. The van der Waals surface area contributed by atoms with Crippen LogP contribution in [0.15, 0.2) is 65.3 Å². The van der Waals surface area contributed by atoms with Crippen molar-refractivity contribution in [3.63, 3.8) is 0 Å². The Morgan fingerprint density at radius 3 is 2.38 bits per heavy atom. The highest BCUT2D eigenvalue weighted by atomic mass is 16.5. The number of carbonyl (C=O) groups excluding carboxylic acids is 1. The van der Waals surface area contributed by atoms with Gasteiger partial charge in [-0.2, -0.15) is 0 Å². The zero-order chi connectivity index (χ0) is 24.0. The highest BCUT2D eigenvalue weighted by Gasteiger charge is 2.20. The largest absolute Gasteiger partial charge is 0.447 e. The molecule has 1 amide bonds. The van der Waals surface area contributed by atoms with Crippen molar-refractivity contribution in [3.8, 4) is 0 Å². The number of amides is 1. The van der Waals surface area contributed by atoms with Crippen molar-refractivity contribution in [1.29, 1.82) is 0 Å². The van der Waals surface area contributed by atoms with Gasteiger partial charge in [-0.1, -0.05) is 75.4 Å².